The van der Waals surface area contributed by atoms with Crippen molar-refractivity contribution >= 4 is 11.0 Å². The van der Waals surface area contributed by atoms with E-state index in [4.69, 9.17) is 0 Å². The SMILES string of the molecule is c1cc(-c2ccc(CCN3CCCC3)cc2)c2cc(Cn3nccn3)[nH]c2n1. The van der Waals surface area contributed by atoms with Crippen LogP contribution in [0.3, 0.4) is 0 Å². The minimum absolute atomic E-state index is 0.609. The smallest absolute Gasteiger partial charge is 0.138 e. The minimum Gasteiger partial charge on any atom is -0.341 e. The zero-order valence-electron chi connectivity index (χ0n) is 15.9. The number of pyridine rings is 1. The van der Waals surface area contributed by atoms with Crippen LogP contribution in [0.15, 0.2) is 55.0 Å². The molecule has 0 bridgehead atoms. The summed E-state index contributed by atoms with van der Waals surface area (Å²) in [4.78, 5) is 12.1. The van der Waals surface area contributed by atoms with Crippen LogP contribution in [0.25, 0.3) is 22.2 Å². The molecule has 28 heavy (non-hydrogen) atoms. The standard InChI is InChI=1S/C22H24N6/c1-2-13-27(12-1)14-8-17-3-5-18(6-4-17)20-7-9-23-22-21(20)15-19(26-22)16-28-24-10-11-25-28/h3-7,9-11,15H,1-2,8,12-14,16H2,(H,23,26). The van der Waals surface area contributed by atoms with Crippen LogP contribution in [0.5, 0.6) is 0 Å². The highest BCUT2D eigenvalue weighted by Gasteiger charge is 2.12. The molecule has 0 radical (unpaired) electrons. The van der Waals surface area contributed by atoms with Gasteiger partial charge in [-0.2, -0.15) is 15.0 Å². The number of H-pyrrole nitrogens is 1. The van der Waals surface area contributed by atoms with Crippen molar-refractivity contribution in [3.63, 3.8) is 0 Å². The van der Waals surface area contributed by atoms with Crippen LogP contribution in [0.2, 0.25) is 0 Å². The molecule has 0 atom stereocenters. The van der Waals surface area contributed by atoms with E-state index in [0.717, 1.165) is 23.1 Å². The van der Waals surface area contributed by atoms with E-state index in [1.165, 1.54) is 49.2 Å². The molecule has 0 unspecified atom stereocenters. The molecular formula is C22H24N6. The lowest BCUT2D eigenvalue weighted by Gasteiger charge is -2.14. The number of nitrogens with one attached hydrogen (secondary N) is 1. The molecule has 1 aliphatic heterocycles. The second kappa shape index (κ2) is 7.56. The van der Waals surface area contributed by atoms with Crippen molar-refractivity contribution in [1.82, 2.24) is 29.9 Å². The Bertz CT molecular complexity index is 1040. The fourth-order valence-corrected chi connectivity index (χ4v) is 4.04. The Kier molecular flexibility index (Phi) is 4.62. The van der Waals surface area contributed by atoms with Crippen LogP contribution in [0.4, 0.5) is 0 Å². The van der Waals surface area contributed by atoms with Crippen molar-refractivity contribution in [2.24, 2.45) is 0 Å². The number of hydrogen-bond acceptors (Lipinski definition) is 4. The molecule has 1 N–H and O–H groups in total. The van der Waals surface area contributed by atoms with E-state index in [1.54, 1.807) is 17.2 Å². The Morgan fingerprint density at radius 2 is 1.71 bits per heavy atom. The van der Waals surface area contributed by atoms with Crippen LogP contribution in [0.1, 0.15) is 24.1 Å². The summed E-state index contributed by atoms with van der Waals surface area (Å²) in [6.07, 6.45) is 9.08. The van der Waals surface area contributed by atoms with Crippen LogP contribution in [-0.2, 0) is 13.0 Å². The highest BCUT2D eigenvalue weighted by atomic mass is 15.5. The number of rotatable bonds is 6. The number of nitrogens with zero attached hydrogens (tertiary/aromatic N) is 5. The number of hydrogen-bond donors (Lipinski definition) is 1. The average Bonchev–Trinajstić information content (AvgIpc) is 3.48. The zero-order chi connectivity index (χ0) is 18.8. The van der Waals surface area contributed by atoms with E-state index in [2.05, 4.69) is 61.5 Å². The first kappa shape index (κ1) is 17.1. The molecule has 0 saturated carbocycles. The van der Waals surface area contributed by atoms with Crippen LogP contribution in [-0.4, -0.2) is 49.5 Å². The summed E-state index contributed by atoms with van der Waals surface area (Å²) >= 11 is 0. The van der Waals surface area contributed by atoms with E-state index in [0.29, 0.717) is 6.54 Å². The lowest BCUT2D eigenvalue weighted by atomic mass is 10.0. The van der Waals surface area contributed by atoms with E-state index >= 15 is 0 Å². The lowest BCUT2D eigenvalue weighted by molar-refractivity contribution is 0.343. The zero-order valence-corrected chi connectivity index (χ0v) is 15.9. The largest absolute Gasteiger partial charge is 0.341 e. The predicted octanol–water partition coefficient (Wildman–Crippen LogP) is 3.51. The number of aromatic amines is 1. The van der Waals surface area contributed by atoms with Gasteiger partial charge in [0.1, 0.15) is 12.2 Å². The van der Waals surface area contributed by atoms with Gasteiger partial charge in [0, 0.05) is 23.8 Å². The first-order valence-electron chi connectivity index (χ1n) is 9.97. The van der Waals surface area contributed by atoms with Crippen molar-refractivity contribution in [3.8, 4) is 11.1 Å². The molecule has 0 aliphatic carbocycles. The Balaban J connectivity index is 1.36. The third-order valence-electron chi connectivity index (χ3n) is 5.55. The molecule has 1 fully saturated rings. The highest BCUT2D eigenvalue weighted by Crippen LogP contribution is 2.28. The summed E-state index contributed by atoms with van der Waals surface area (Å²) in [5.41, 5.74) is 5.78. The van der Waals surface area contributed by atoms with Gasteiger partial charge in [0.05, 0.1) is 12.4 Å². The topological polar surface area (TPSA) is 62.6 Å². The third kappa shape index (κ3) is 3.55. The molecule has 3 aromatic heterocycles. The maximum Gasteiger partial charge on any atom is 0.138 e. The summed E-state index contributed by atoms with van der Waals surface area (Å²) in [6.45, 7) is 4.30. The Morgan fingerprint density at radius 3 is 2.50 bits per heavy atom. The van der Waals surface area contributed by atoms with E-state index in [-0.39, 0.29) is 0 Å². The molecule has 1 aromatic carbocycles. The highest BCUT2D eigenvalue weighted by molar-refractivity contribution is 5.93. The molecule has 1 aliphatic rings. The van der Waals surface area contributed by atoms with Gasteiger partial charge in [-0.1, -0.05) is 24.3 Å². The monoisotopic (exact) mass is 372 g/mol. The third-order valence-corrected chi connectivity index (χ3v) is 5.55. The van der Waals surface area contributed by atoms with Gasteiger partial charge in [-0.05, 0) is 61.2 Å². The van der Waals surface area contributed by atoms with Crippen LogP contribution in [0, 0.1) is 0 Å². The number of fused-ring (bicyclic) bond motifs is 1. The first-order valence-corrected chi connectivity index (χ1v) is 9.97. The minimum atomic E-state index is 0.609. The Labute approximate surface area is 164 Å². The van der Waals surface area contributed by atoms with Gasteiger partial charge >= 0.3 is 0 Å². The van der Waals surface area contributed by atoms with Gasteiger partial charge in [-0.25, -0.2) is 4.98 Å². The normalized spacial score (nSPS) is 14.9. The molecule has 0 amide bonds. The first-order chi connectivity index (χ1) is 13.8. The molecule has 5 rings (SSSR count). The molecule has 142 valence electrons. The number of aromatic nitrogens is 5. The molecule has 1 saturated heterocycles. The van der Waals surface area contributed by atoms with Crippen molar-refractivity contribution in [1.29, 1.82) is 0 Å². The summed E-state index contributed by atoms with van der Waals surface area (Å²) in [5, 5.41) is 9.49. The van der Waals surface area contributed by atoms with Gasteiger partial charge in [-0.15, -0.1) is 0 Å². The molecule has 6 nitrogen and oxygen atoms in total. The quantitative estimate of drug-likeness (QED) is 0.563. The molecule has 4 heterocycles. The van der Waals surface area contributed by atoms with Crippen molar-refractivity contribution in [3.05, 3.63) is 66.2 Å². The second-order valence-electron chi connectivity index (χ2n) is 7.47. The van der Waals surface area contributed by atoms with Gasteiger partial charge in [0.2, 0.25) is 0 Å². The summed E-state index contributed by atoms with van der Waals surface area (Å²) in [6, 6.07) is 13.2. The summed E-state index contributed by atoms with van der Waals surface area (Å²) in [7, 11) is 0. The maximum absolute atomic E-state index is 4.50. The van der Waals surface area contributed by atoms with Gasteiger partial charge in [-0.3, -0.25) is 0 Å². The summed E-state index contributed by atoms with van der Waals surface area (Å²) in [5.74, 6) is 0. The van der Waals surface area contributed by atoms with E-state index in [1.807, 2.05) is 6.20 Å². The molecule has 0 spiro atoms. The van der Waals surface area contributed by atoms with Crippen LogP contribution < -0.4 is 0 Å². The lowest BCUT2D eigenvalue weighted by Crippen LogP contribution is -2.21. The number of benzene rings is 1. The van der Waals surface area contributed by atoms with E-state index in [9.17, 15) is 0 Å². The molecular weight excluding hydrogens is 348 g/mol. The van der Waals surface area contributed by atoms with Crippen molar-refractivity contribution < 1.29 is 0 Å². The van der Waals surface area contributed by atoms with Crippen molar-refractivity contribution in [2.45, 2.75) is 25.8 Å². The second-order valence-corrected chi connectivity index (χ2v) is 7.47. The van der Waals surface area contributed by atoms with Gasteiger partial charge in [0.25, 0.3) is 0 Å². The van der Waals surface area contributed by atoms with E-state index < -0.39 is 0 Å². The van der Waals surface area contributed by atoms with Crippen molar-refractivity contribution in [2.75, 3.05) is 19.6 Å². The molecule has 4 aromatic rings. The van der Waals surface area contributed by atoms with Gasteiger partial charge in [0.15, 0.2) is 0 Å². The van der Waals surface area contributed by atoms with Crippen LogP contribution >= 0.6 is 0 Å². The fraction of sp³-hybridized carbons (Fsp3) is 0.318. The molecule has 6 heteroatoms. The number of likely N-dealkylation sites (tertiary alicyclic amines) is 1. The predicted molar refractivity (Wildman–Crippen MR) is 110 cm³/mol. The Hall–Kier alpha value is -2.99. The maximum atomic E-state index is 4.50. The fourth-order valence-electron chi connectivity index (χ4n) is 4.04. The average molecular weight is 372 g/mol. The Morgan fingerprint density at radius 1 is 0.929 bits per heavy atom. The summed E-state index contributed by atoms with van der Waals surface area (Å²) < 4.78 is 0. The van der Waals surface area contributed by atoms with Gasteiger partial charge < -0.3 is 9.88 Å².